The number of benzene rings is 1. The molecule has 11 nitrogen and oxygen atoms in total. The van der Waals surface area contributed by atoms with Crippen LogP contribution in [0.1, 0.15) is 30.4 Å². The molecule has 4 atom stereocenters. The van der Waals surface area contributed by atoms with Crippen LogP contribution in [0.3, 0.4) is 0 Å². The first-order chi connectivity index (χ1) is 15.3. The molecular weight excluding hydrogens is 418 g/mol. The van der Waals surface area contributed by atoms with Crippen LogP contribution in [0, 0.1) is 0 Å². The number of aromatic amines is 1. The second-order valence-corrected chi connectivity index (χ2v) is 8.09. The number of carbonyl (C=O) groups is 1. The Morgan fingerprint density at radius 2 is 2.00 bits per heavy atom. The minimum absolute atomic E-state index is 0.0739. The maximum atomic E-state index is 12.5. The molecule has 170 valence electrons. The van der Waals surface area contributed by atoms with Gasteiger partial charge in [0.05, 0.1) is 30.1 Å². The van der Waals surface area contributed by atoms with E-state index < -0.39 is 41.5 Å². The zero-order valence-corrected chi connectivity index (χ0v) is 17.6. The van der Waals surface area contributed by atoms with E-state index in [1.54, 1.807) is 41.2 Å². The summed E-state index contributed by atoms with van der Waals surface area (Å²) >= 11 is 0. The number of carbonyl (C=O) groups excluding carboxylic acids is 1. The number of rotatable bonds is 5. The molecule has 0 unspecified atom stereocenters. The van der Waals surface area contributed by atoms with Gasteiger partial charge in [-0.15, -0.1) is 0 Å². The van der Waals surface area contributed by atoms with Crippen LogP contribution in [0.15, 0.2) is 46.1 Å². The fourth-order valence-corrected chi connectivity index (χ4v) is 3.76. The Balaban J connectivity index is 1.48. The average Bonchev–Trinajstić information content (AvgIpc) is 3.27. The van der Waals surface area contributed by atoms with Crippen LogP contribution in [-0.2, 0) is 11.3 Å². The Bertz CT molecular complexity index is 1250. The zero-order chi connectivity index (χ0) is 23.0. The van der Waals surface area contributed by atoms with Gasteiger partial charge in [0.1, 0.15) is 24.0 Å². The highest BCUT2D eigenvalue weighted by atomic mass is 16.5. The second-order valence-electron chi connectivity index (χ2n) is 8.09. The number of H-pyrrole nitrogens is 1. The normalized spacial score (nSPS) is 23.5. The summed E-state index contributed by atoms with van der Waals surface area (Å²) in [7, 11) is 0. The lowest BCUT2D eigenvalue weighted by atomic mass is 9.97. The fourth-order valence-electron chi connectivity index (χ4n) is 3.76. The molecule has 0 radical (unpaired) electrons. The lowest BCUT2D eigenvalue weighted by Gasteiger charge is -2.38. The Kier molecular flexibility index (Phi) is 5.96. The third-order valence-electron chi connectivity index (χ3n) is 5.59. The molecule has 0 saturated carbocycles. The minimum Gasteiger partial charge on any atom is -0.388 e. The molecule has 1 saturated heterocycles. The van der Waals surface area contributed by atoms with Gasteiger partial charge in [-0.25, -0.2) is 4.79 Å². The smallest absolute Gasteiger partial charge is 0.328 e. The Labute approximate surface area is 182 Å². The first kappa shape index (κ1) is 21.9. The van der Waals surface area contributed by atoms with Crippen LogP contribution in [0.25, 0.3) is 10.9 Å². The summed E-state index contributed by atoms with van der Waals surface area (Å²) in [5, 5.41) is 28.3. The lowest BCUT2D eigenvalue weighted by Crippen LogP contribution is -2.60. The lowest BCUT2D eigenvalue weighted by molar-refractivity contribution is -0.152. The summed E-state index contributed by atoms with van der Waals surface area (Å²) in [5.74, 6) is -0.495. The van der Waals surface area contributed by atoms with Crippen LogP contribution in [0.2, 0.25) is 0 Å². The summed E-state index contributed by atoms with van der Waals surface area (Å²) in [4.78, 5) is 39.1. The van der Waals surface area contributed by atoms with Crippen molar-refractivity contribution in [1.82, 2.24) is 24.6 Å². The molecule has 1 aliphatic heterocycles. The molecular formula is C21H25N5O6. The van der Waals surface area contributed by atoms with Gasteiger partial charge in [0.15, 0.2) is 0 Å². The SMILES string of the molecule is CC(C)n1ccc(C(=O)N[C@@H]2CO[C@H](Cn3c(=O)[nH]c(=O)c4ccccc43)[C@@H](O)[C@H]2O)n1. The van der Waals surface area contributed by atoms with Crippen molar-refractivity contribution >= 4 is 16.8 Å². The minimum atomic E-state index is -1.38. The van der Waals surface area contributed by atoms with E-state index in [1.807, 2.05) is 13.8 Å². The highest BCUT2D eigenvalue weighted by molar-refractivity contribution is 5.92. The number of hydrogen-bond acceptors (Lipinski definition) is 7. The number of hydrogen-bond donors (Lipinski definition) is 4. The number of para-hydroxylation sites is 1. The van der Waals surface area contributed by atoms with Gasteiger partial charge in [-0.2, -0.15) is 5.10 Å². The number of ether oxygens (including phenoxy) is 1. The van der Waals surface area contributed by atoms with E-state index >= 15 is 0 Å². The van der Waals surface area contributed by atoms with Crippen molar-refractivity contribution in [3.63, 3.8) is 0 Å². The summed E-state index contributed by atoms with van der Waals surface area (Å²) < 4.78 is 8.61. The fraction of sp³-hybridized carbons (Fsp3) is 0.429. The van der Waals surface area contributed by atoms with Gasteiger partial charge in [-0.05, 0) is 32.0 Å². The Morgan fingerprint density at radius 1 is 1.25 bits per heavy atom. The van der Waals surface area contributed by atoms with E-state index in [-0.39, 0.29) is 24.9 Å². The van der Waals surface area contributed by atoms with Crippen molar-refractivity contribution in [2.24, 2.45) is 0 Å². The van der Waals surface area contributed by atoms with E-state index in [9.17, 15) is 24.6 Å². The molecule has 0 aliphatic carbocycles. The maximum Gasteiger partial charge on any atom is 0.328 e. The van der Waals surface area contributed by atoms with E-state index in [0.717, 1.165) is 0 Å². The molecule has 3 heterocycles. The van der Waals surface area contributed by atoms with Crippen LogP contribution in [-0.4, -0.2) is 66.4 Å². The molecule has 4 N–H and O–H groups in total. The van der Waals surface area contributed by atoms with Gasteiger partial charge in [-0.1, -0.05) is 12.1 Å². The number of aliphatic hydroxyl groups is 2. The van der Waals surface area contributed by atoms with E-state index in [2.05, 4.69) is 15.4 Å². The molecule has 0 spiro atoms. The molecule has 4 rings (SSSR count). The second kappa shape index (κ2) is 8.69. The van der Waals surface area contributed by atoms with E-state index in [4.69, 9.17) is 4.74 Å². The van der Waals surface area contributed by atoms with Crippen molar-refractivity contribution in [1.29, 1.82) is 0 Å². The monoisotopic (exact) mass is 443 g/mol. The number of nitrogens with zero attached hydrogens (tertiary/aromatic N) is 3. The standard InChI is InChI=1S/C21H25N5O6/c1-11(2)26-8-7-13(24-26)20(30)22-14-10-32-16(18(28)17(14)27)9-25-15-6-4-3-5-12(15)19(29)23-21(25)31/h3-8,11,14,16-18,27-28H,9-10H2,1-2H3,(H,22,30)(H,23,29,31)/t14-,16-,17+,18-/m1/s1. The van der Waals surface area contributed by atoms with Crippen LogP contribution in [0.4, 0.5) is 0 Å². The first-order valence-corrected chi connectivity index (χ1v) is 10.3. The van der Waals surface area contributed by atoms with Gasteiger partial charge in [-0.3, -0.25) is 23.8 Å². The van der Waals surface area contributed by atoms with Gasteiger partial charge in [0.25, 0.3) is 11.5 Å². The predicted molar refractivity (Wildman–Crippen MR) is 114 cm³/mol. The van der Waals surface area contributed by atoms with E-state index in [1.165, 1.54) is 4.57 Å². The third-order valence-corrected chi connectivity index (χ3v) is 5.59. The number of aromatic nitrogens is 4. The topological polar surface area (TPSA) is 151 Å². The van der Waals surface area contributed by atoms with Crippen LogP contribution >= 0.6 is 0 Å². The van der Waals surface area contributed by atoms with E-state index in [0.29, 0.717) is 10.9 Å². The van der Waals surface area contributed by atoms with Gasteiger partial charge >= 0.3 is 5.69 Å². The maximum absolute atomic E-state index is 12.5. The summed E-state index contributed by atoms with van der Waals surface area (Å²) in [6.45, 7) is 3.70. The highest BCUT2D eigenvalue weighted by Crippen LogP contribution is 2.19. The van der Waals surface area contributed by atoms with Crippen molar-refractivity contribution in [3.05, 3.63) is 63.1 Å². The summed E-state index contributed by atoms with van der Waals surface area (Å²) in [5.41, 5.74) is -0.568. The van der Waals surface area contributed by atoms with Crippen LogP contribution in [0.5, 0.6) is 0 Å². The van der Waals surface area contributed by atoms with Gasteiger partial charge in [0, 0.05) is 12.2 Å². The number of aliphatic hydroxyl groups excluding tert-OH is 2. The van der Waals surface area contributed by atoms with Crippen molar-refractivity contribution in [3.8, 4) is 0 Å². The molecule has 1 fully saturated rings. The Hall–Kier alpha value is -3.28. The molecule has 32 heavy (non-hydrogen) atoms. The summed E-state index contributed by atoms with van der Waals surface area (Å²) in [6.07, 6.45) is -1.94. The van der Waals surface area contributed by atoms with Crippen molar-refractivity contribution in [2.45, 2.75) is 50.8 Å². The average molecular weight is 443 g/mol. The molecule has 1 aliphatic rings. The number of fused-ring (bicyclic) bond motifs is 1. The quantitative estimate of drug-likeness (QED) is 0.410. The molecule has 1 amide bonds. The molecule has 1 aromatic carbocycles. The third kappa shape index (κ3) is 4.09. The highest BCUT2D eigenvalue weighted by Gasteiger charge is 2.39. The summed E-state index contributed by atoms with van der Waals surface area (Å²) in [6, 6.07) is 7.38. The molecule has 0 bridgehead atoms. The molecule has 3 aromatic rings. The zero-order valence-electron chi connectivity index (χ0n) is 17.6. The molecule has 11 heteroatoms. The number of amides is 1. The number of nitrogens with one attached hydrogen (secondary N) is 2. The largest absolute Gasteiger partial charge is 0.388 e. The first-order valence-electron chi connectivity index (χ1n) is 10.3. The Morgan fingerprint density at radius 3 is 2.72 bits per heavy atom. The van der Waals surface area contributed by atoms with Crippen molar-refractivity contribution < 1.29 is 19.7 Å². The predicted octanol–water partition coefficient (Wildman–Crippen LogP) is -0.614. The molecule has 2 aromatic heterocycles. The van der Waals surface area contributed by atoms with Crippen molar-refractivity contribution in [2.75, 3.05) is 6.61 Å². The van der Waals surface area contributed by atoms with Gasteiger partial charge in [0.2, 0.25) is 0 Å². The van der Waals surface area contributed by atoms with Crippen LogP contribution < -0.4 is 16.6 Å². The van der Waals surface area contributed by atoms with Gasteiger partial charge < -0.3 is 20.3 Å².